The summed E-state index contributed by atoms with van der Waals surface area (Å²) in [5.74, 6) is -1.96. The summed E-state index contributed by atoms with van der Waals surface area (Å²) in [6.07, 6.45) is 0.645. The van der Waals surface area contributed by atoms with E-state index in [4.69, 9.17) is 0 Å². The summed E-state index contributed by atoms with van der Waals surface area (Å²) in [6, 6.07) is 25.8. The third kappa shape index (κ3) is 7.24. The van der Waals surface area contributed by atoms with Crippen LogP contribution < -0.4 is 10.2 Å². The number of hydrogen-bond donors (Lipinski definition) is 1. The van der Waals surface area contributed by atoms with Gasteiger partial charge in [0, 0.05) is 62.3 Å². The summed E-state index contributed by atoms with van der Waals surface area (Å²) >= 11 is 0. The molecular weight excluding hydrogens is 550 g/mol. The molecule has 1 saturated heterocycles. The molecule has 0 atom stereocenters. The molecule has 1 N–H and O–H groups in total. The van der Waals surface area contributed by atoms with Crippen molar-refractivity contribution in [3.8, 4) is 0 Å². The molecule has 3 amide bonds. The molecule has 0 saturated carbocycles. The molecule has 1 fully saturated rings. The van der Waals surface area contributed by atoms with Crippen LogP contribution >= 0.6 is 0 Å². The van der Waals surface area contributed by atoms with E-state index in [0.717, 1.165) is 11.6 Å². The number of nitrogens with one attached hydrogen (secondary N) is 1. The fraction of sp³-hybridized carbons (Fsp3) is 0.206. The van der Waals surface area contributed by atoms with E-state index in [1.807, 2.05) is 30.3 Å². The van der Waals surface area contributed by atoms with Gasteiger partial charge in [0.05, 0.1) is 5.56 Å². The molecule has 5 rings (SSSR count). The van der Waals surface area contributed by atoms with Gasteiger partial charge in [0.25, 0.3) is 17.7 Å². The van der Waals surface area contributed by atoms with E-state index in [-0.39, 0.29) is 17.4 Å². The van der Waals surface area contributed by atoms with Crippen molar-refractivity contribution < 1.29 is 23.2 Å². The third-order valence-electron chi connectivity index (χ3n) is 7.38. The van der Waals surface area contributed by atoms with Gasteiger partial charge in [-0.05, 0) is 66.6 Å². The van der Waals surface area contributed by atoms with Crippen LogP contribution in [0.2, 0.25) is 0 Å². The molecule has 0 radical (unpaired) electrons. The van der Waals surface area contributed by atoms with Gasteiger partial charge in [0.2, 0.25) is 0 Å². The summed E-state index contributed by atoms with van der Waals surface area (Å²) in [6.45, 7) is 2.31. The van der Waals surface area contributed by atoms with Crippen LogP contribution in [-0.2, 0) is 6.54 Å². The minimum atomic E-state index is -0.521. The Morgan fingerprint density at radius 2 is 1.47 bits per heavy atom. The number of carbonyl (C=O) groups excluding carboxylic acids is 3. The number of hydrogen-bond acceptors (Lipinski definition) is 4. The van der Waals surface area contributed by atoms with Gasteiger partial charge in [-0.3, -0.25) is 14.4 Å². The Labute approximate surface area is 249 Å². The van der Waals surface area contributed by atoms with Crippen molar-refractivity contribution in [3.05, 3.63) is 131 Å². The molecule has 4 aromatic rings. The van der Waals surface area contributed by atoms with Crippen LogP contribution in [0.5, 0.6) is 0 Å². The SMILES string of the molecule is CN(Cc1ccccc1)C(=O)c1cc(NC(=O)c2cccc(F)c2)ccc1N1CCCN(C(=O)c2cccc(F)c2)CC1. The average molecular weight is 583 g/mol. The van der Waals surface area contributed by atoms with Crippen molar-refractivity contribution in [2.24, 2.45) is 0 Å². The van der Waals surface area contributed by atoms with Crippen LogP contribution in [0.1, 0.15) is 43.1 Å². The van der Waals surface area contributed by atoms with Gasteiger partial charge in [-0.2, -0.15) is 0 Å². The molecule has 1 aliphatic heterocycles. The Hall–Kier alpha value is -5.05. The molecule has 0 spiro atoms. The number of carbonyl (C=O) groups is 3. The van der Waals surface area contributed by atoms with Gasteiger partial charge in [0.15, 0.2) is 0 Å². The van der Waals surface area contributed by atoms with E-state index in [9.17, 15) is 23.2 Å². The zero-order valence-corrected chi connectivity index (χ0v) is 23.8. The van der Waals surface area contributed by atoms with E-state index in [2.05, 4.69) is 10.2 Å². The molecule has 7 nitrogen and oxygen atoms in total. The highest BCUT2D eigenvalue weighted by Crippen LogP contribution is 2.28. The highest BCUT2D eigenvalue weighted by atomic mass is 19.1. The van der Waals surface area contributed by atoms with Gasteiger partial charge >= 0.3 is 0 Å². The van der Waals surface area contributed by atoms with Crippen molar-refractivity contribution in [2.45, 2.75) is 13.0 Å². The van der Waals surface area contributed by atoms with Crippen LogP contribution in [0.25, 0.3) is 0 Å². The maximum absolute atomic E-state index is 13.9. The largest absolute Gasteiger partial charge is 0.369 e. The first kappa shape index (κ1) is 29.4. The number of anilines is 2. The minimum absolute atomic E-state index is 0.161. The smallest absolute Gasteiger partial charge is 0.256 e. The summed E-state index contributed by atoms with van der Waals surface area (Å²) in [5.41, 5.74) is 2.89. The molecule has 1 aliphatic rings. The molecule has 0 bridgehead atoms. The van der Waals surface area contributed by atoms with Crippen molar-refractivity contribution in [1.29, 1.82) is 0 Å². The Morgan fingerprint density at radius 3 is 2.19 bits per heavy atom. The molecule has 9 heteroatoms. The van der Waals surface area contributed by atoms with E-state index >= 15 is 0 Å². The minimum Gasteiger partial charge on any atom is -0.369 e. The number of nitrogens with zero attached hydrogens (tertiary/aromatic N) is 3. The van der Waals surface area contributed by atoms with Crippen LogP contribution in [-0.4, -0.2) is 60.7 Å². The summed E-state index contributed by atoms with van der Waals surface area (Å²) in [7, 11) is 1.72. The number of amides is 3. The van der Waals surface area contributed by atoms with Gasteiger partial charge in [-0.25, -0.2) is 8.78 Å². The second-order valence-corrected chi connectivity index (χ2v) is 10.5. The quantitative estimate of drug-likeness (QED) is 0.297. The standard InChI is InChI=1S/C34H32F2N4O3/c1-38(23-24-8-3-2-4-9-24)34(43)30-22-29(37-32(41)25-10-5-12-27(35)20-25)14-15-31(30)39-16-7-17-40(19-18-39)33(42)26-11-6-13-28(36)21-26/h2-6,8-15,20-22H,7,16-19,23H2,1H3,(H,37,41). The van der Waals surface area contributed by atoms with Crippen molar-refractivity contribution in [2.75, 3.05) is 43.4 Å². The van der Waals surface area contributed by atoms with Gasteiger partial charge in [-0.15, -0.1) is 0 Å². The summed E-state index contributed by atoms with van der Waals surface area (Å²) in [4.78, 5) is 45.2. The molecular formula is C34H32F2N4O3. The Balaban J connectivity index is 1.40. The summed E-state index contributed by atoms with van der Waals surface area (Å²) in [5, 5.41) is 2.78. The van der Waals surface area contributed by atoms with E-state index in [1.165, 1.54) is 36.4 Å². The molecule has 0 aromatic heterocycles. The van der Waals surface area contributed by atoms with Crippen LogP contribution in [0.15, 0.2) is 97.1 Å². The molecule has 0 unspecified atom stereocenters. The molecule has 220 valence electrons. The van der Waals surface area contributed by atoms with Crippen molar-refractivity contribution in [3.63, 3.8) is 0 Å². The Morgan fingerprint density at radius 1 is 0.767 bits per heavy atom. The van der Waals surface area contributed by atoms with E-state index < -0.39 is 17.5 Å². The monoisotopic (exact) mass is 582 g/mol. The number of benzene rings is 4. The molecule has 1 heterocycles. The van der Waals surface area contributed by atoms with Crippen molar-refractivity contribution >= 4 is 29.1 Å². The second kappa shape index (κ2) is 13.3. The first-order valence-corrected chi connectivity index (χ1v) is 14.1. The van der Waals surface area contributed by atoms with Crippen LogP contribution in [0.4, 0.5) is 20.2 Å². The zero-order chi connectivity index (χ0) is 30.3. The molecule has 43 heavy (non-hydrogen) atoms. The van der Waals surface area contributed by atoms with Gasteiger partial charge < -0.3 is 20.0 Å². The highest BCUT2D eigenvalue weighted by Gasteiger charge is 2.25. The number of rotatable bonds is 7. The maximum atomic E-state index is 13.9. The average Bonchev–Trinajstić information content (AvgIpc) is 3.27. The third-order valence-corrected chi connectivity index (χ3v) is 7.38. The van der Waals surface area contributed by atoms with E-state index in [0.29, 0.717) is 61.6 Å². The maximum Gasteiger partial charge on any atom is 0.256 e. The topological polar surface area (TPSA) is 73.0 Å². The predicted molar refractivity (Wildman–Crippen MR) is 162 cm³/mol. The first-order chi connectivity index (χ1) is 20.8. The normalized spacial score (nSPS) is 13.3. The Kier molecular flexibility index (Phi) is 9.10. The van der Waals surface area contributed by atoms with Crippen molar-refractivity contribution in [1.82, 2.24) is 9.80 Å². The van der Waals surface area contributed by atoms with Crippen LogP contribution in [0, 0.1) is 11.6 Å². The molecule has 0 aliphatic carbocycles. The van der Waals surface area contributed by atoms with E-state index in [1.54, 1.807) is 41.1 Å². The fourth-order valence-corrected chi connectivity index (χ4v) is 5.19. The van der Waals surface area contributed by atoms with Gasteiger partial charge in [-0.1, -0.05) is 42.5 Å². The second-order valence-electron chi connectivity index (χ2n) is 10.5. The van der Waals surface area contributed by atoms with Gasteiger partial charge in [0.1, 0.15) is 11.6 Å². The Bertz CT molecular complexity index is 1630. The lowest BCUT2D eigenvalue weighted by molar-refractivity contribution is 0.0763. The highest BCUT2D eigenvalue weighted by molar-refractivity contribution is 6.06. The lowest BCUT2D eigenvalue weighted by Crippen LogP contribution is -2.36. The predicted octanol–water partition coefficient (Wildman–Crippen LogP) is 5.84. The zero-order valence-electron chi connectivity index (χ0n) is 23.8. The number of halogens is 2. The first-order valence-electron chi connectivity index (χ1n) is 14.1. The van der Waals surface area contributed by atoms with Crippen LogP contribution in [0.3, 0.4) is 0 Å². The lowest BCUT2D eigenvalue weighted by Gasteiger charge is -2.28. The lowest BCUT2D eigenvalue weighted by atomic mass is 10.1. The fourth-order valence-electron chi connectivity index (χ4n) is 5.19. The molecule has 4 aromatic carbocycles. The summed E-state index contributed by atoms with van der Waals surface area (Å²) < 4.78 is 27.5.